The number of nitrogens with zero attached hydrogens (tertiary/aromatic N) is 2. The summed E-state index contributed by atoms with van der Waals surface area (Å²) in [5, 5.41) is 17.9. The first kappa shape index (κ1) is 26.9. The minimum Gasteiger partial charge on any atom is -0.427 e. The van der Waals surface area contributed by atoms with Gasteiger partial charge >= 0.3 is 11.9 Å². The Balaban J connectivity index is 1.20. The molecule has 6 nitrogen and oxygen atoms in total. The molecule has 0 heterocycles. The molecule has 4 aromatic carbocycles. The number of nitriles is 2. The van der Waals surface area contributed by atoms with Gasteiger partial charge in [-0.15, -0.1) is 0 Å². The Hall–Kier alpha value is -5.20. The molecular weight excluding hydrogens is 488 g/mol. The van der Waals surface area contributed by atoms with E-state index in [1.54, 1.807) is 48.5 Å². The van der Waals surface area contributed by atoms with Crippen LogP contribution in [0.3, 0.4) is 0 Å². The number of carbonyl (C=O) groups excluding carboxylic acids is 2. The second kappa shape index (κ2) is 12.9. The van der Waals surface area contributed by atoms with Gasteiger partial charge in [0.05, 0.1) is 23.3 Å². The Morgan fingerprint density at radius 3 is 1.36 bits per heavy atom. The molecule has 192 valence electrons. The summed E-state index contributed by atoms with van der Waals surface area (Å²) >= 11 is 0. The second-order valence-corrected chi connectivity index (χ2v) is 9.22. The van der Waals surface area contributed by atoms with Crippen molar-refractivity contribution in [3.8, 4) is 45.9 Å². The van der Waals surface area contributed by atoms with E-state index in [1.165, 1.54) is 0 Å². The van der Waals surface area contributed by atoms with Crippen molar-refractivity contribution in [2.75, 3.05) is 0 Å². The zero-order chi connectivity index (χ0) is 27.6. The Morgan fingerprint density at radius 1 is 0.615 bits per heavy atom. The van der Waals surface area contributed by atoms with Crippen molar-refractivity contribution in [3.05, 3.63) is 108 Å². The lowest BCUT2D eigenvalue weighted by molar-refractivity contribution is -0.137. The predicted molar refractivity (Wildman–Crippen MR) is 147 cm³/mol. The topological polar surface area (TPSA) is 100 Å². The molecule has 0 fully saturated rings. The third kappa shape index (κ3) is 7.64. The highest BCUT2D eigenvalue weighted by atomic mass is 16.5. The molecule has 6 heteroatoms. The molecule has 0 spiro atoms. The van der Waals surface area contributed by atoms with Crippen LogP contribution in [-0.2, 0) is 9.59 Å². The van der Waals surface area contributed by atoms with E-state index in [0.29, 0.717) is 29.0 Å². The monoisotopic (exact) mass is 514 g/mol. The van der Waals surface area contributed by atoms with Crippen molar-refractivity contribution in [1.29, 1.82) is 10.5 Å². The SMILES string of the molecule is C[C@@H](CCC(=O)Oc1ccc(-c2ccc(C#N)cc2)cc1)CC(=O)Oc1ccc(-c2ccc(C#N)cc2)cc1. The minimum atomic E-state index is -0.361. The van der Waals surface area contributed by atoms with Gasteiger partial charge in [-0.2, -0.15) is 10.5 Å². The first-order chi connectivity index (χ1) is 18.9. The molecule has 39 heavy (non-hydrogen) atoms. The van der Waals surface area contributed by atoms with Gasteiger partial charge in [0.1, 0.15) is 11.5 Å². The Morgan fingerprint density at radius 2 is 0.974 bits per heavy atom. The quantitative estimate of drug-likeness (QED) is 0.175. The molecule has 1 atom stereocenters. The highest BCUT2D eigenvalue weighted by Gasteiger charge is 2.14. The minimum absolute atomic E-state index is 0.0540. The van der Waals surface area contributed by atoms with Crippen molar-refractivity contribution < 1.29 is 19.1 Å². The zero-order valence-electron chi connectivity index (χ0n) is 21.5. The lowest BCUT2D eigenvalue weighted by Crippen LogP contribution is -2.15. The standard InChI is InChI=1S/C33H26N2O4/c1-23(20-33(37)39-31-17-13-29(14-18-31)27-9-5-25(22-35)6-10-27)2-19-32(36)38-30-15-11-28(12-16-30)26-7-3-24(21-34)4-8-26/h3-18,23H,2,19-20H2,1H3/t23-/m0/s1. The summed E-state index contributed by atoms with van der Waals surface area (Å²) in [6, 6.07) is 33.1. The molecular formula is C33H26N2O4. The van der Waals surface area contributed by atoms with E-state index >= 15 is 0 Å². The summed E-state index contributed by atoms with van der Waals surface area (Å²) in [6.45, 7) is 1.90. The molecule has 4 rings (SSSR count). The summed E-state index contributed by atoms with van der Waals surface area (Å²) in [5.74, 6) is 0.129. The molecule has 0 amide bonds. The van der Waals surface area contributed by atoms with Gasteiger partial charge < -0.3 is 9.47 Å². The molecule has 0 saturated heterocycles. The third-order valence-corrected chi connectivity index (χ3v) is 6.22. The number of hydrogen-bond donors (Lipinski definition) is 0. The Kier molecular flexibility index (Phi) is 8.85. The smallest absolute Gasteiger partial charge is 0.311 e. The molecule has 0 bridgehead atoms. The lowest BCUT2D eigenvalue weighted by Gasteiger charge is -2.11. The fourth-order valence-corrected chi connectivity index (χ4v) is 4.01. The van der Waals surface area contributed by atoms with Crippen LogP contribution >= 0.6 is 0 Å². The van der Waals surface area contributed by atoms with Crippen LogP contribution in [0.5, 0.6) is 11.5 Å². The van der Waals surface area contributed by atoms with Gasteiger partial charge in [-0.05, 0) is 83.1 Å². The average Bonchev–Trinajstić information content (AvgIpc) is 2.97. The molecule has 0 saturated carbocycles. The number of benzene rings is 4. The molecule has 0 radical (unpaired) electrons. The van der Waals surface area contributed by atoms with Crippen LogP contribution < -0.4 is 9.47 Å². The van der Waals surface area contributed by atoms with Crippen molar-refractivity contribution >= 4 is 11.9 Å². The van der Waals surface area contributed by atoms with Gasteiger partial charge in [0.15, 0.2) is 0 Å². The summed E-state index contributed by atoms with van der Waals surface area (Å²) < 4.78 is 10.9. The fourth-order valence-electron chi connectivity index (χ4n) is 4.01. The summed E-state index contributed by atoms with van der Waals surface area (Å²) in [5.41, 5.74) is 5.04. The first-order valence-electron chi connectivity index (χ1n) is 12.6. The molecule has 0 aromatic heterocycles. The number of rotatable bonds is 9. The summed E-state index contributed by atoms with van der Waals surface area (Å²) in [4.78, 5) is 24.7. The van der Waals surface area contributed by atoms with Crippen molar-refractivity contribution in [1.82, 2.24) is 0 Å². The lowest BCUT2D eigenvalue weighted by atomic mass is 10.0. The van der Waals surface area contributed by atoms with E-state index in [0.717, 1.165) is 22.3 Å². The Labute approximate surface area is 227 Å². The van der Waals surface area contributed by atoms with E-state index in [4.69, 9.17) is 20.0 Å². The molecule has 0 aliphatic carbocycles. The van der Waals surface area contributed by atoms with E-state index in [9.17, 15) is 9.59 Å². The van der Waals surface area contributed by atoms with Crippen LogP contribution in [0.2, 0.25) is 0 Å². The van der Waals surface area contributed by atoms with Crippen LogP contribution in [-0.4, -0.2) is 11.9 Å². The fraction of sp³-hybridized carbons (Fsp3) is 0.152. The molecule has 4 aromatic rings. The average molecular weight is 515 g/mol. The predicted octanol–water partition coefficient (Wildman–Crippen LogP) is 7.08. The normalized spacial score (nSPS) is 11.1. The van der Waals surface area contributed by atoms with E-state index in [2.05, 4.69) is 12.1 Å². The van der Waals surface area contributed by atoms with Gasteiger partial charge in [0.2, 0.25) is 0 Å². The third-order valence-electron chi connectivity index (χ3n) is 6.22. The van der Waals surface area contributed by atoms with E-state index < -0.39 is 0 Å². The number of carbonyl (C=O) groups is 2. The first-order valence-corrected chi connectivity index (χ1v) is 12.6. The maximum Gasteiger partial charge on any atom is 0.311 e. The maximum atomic E-state index is 12.4. The highest BCUT2D eigenvalue weighted by Crippen LogP contribution is 2.25. The van der Waals surface area contributed by atoms with E-state index in [-0.39, 0.29) is 30.7 Å². The largest absolute Gasteiger partial charge is 0.427 e. The second-order valence-electron chi connectivity index (χ2n) is 9.22. The van der Waals surface area contributed by atoms with Gasteiger partial charge in [0.25, 0.3) is 0 Å². The Bertz CT molecular complexity index is 1510. The number of hydrogen-bond acceptors (Lipinski definition) is 6. The number of esters is 2. The van der Waals surface area contributed by atoms with Crippen LogP contribution in [0.1, 0.15) is 37.3 Å². The molecule has 0 unspecified atom stereocenters. The van der Waals surface area contributed by atoms with Crippen molar-refractivity contribution in [2.24, 2.45) is 5.92 Å². The maximum absolute atomic E-state index is 12.4. The van der Waals surface area contributed by atoms with Crippen LogP contribution in [0.4, 0.5) is 0 Å². The van der Waals surface area contributed by atoms with Crippen molar-refractivity contribution in [3.63, 3.8) is 0 Å². The van der Waals surface area contributed by atoms with Crippen molar-refractivity contribution in [2.45, 2.75) is 26.2 Å². The van der Waals surface area contributed by atoms with Gasteiger partial charge in [-0.3, -0.25) is 9.59 Å². The van der Waals surface area contributed by atoms with Gasteiger partial charge in [0, 0.05) is 12.8 Å². The van der Waals surface area contributed by atoms with Crippen LogP contribution in [0.15, 0.2) is 97.1 Å². The molecule has 0 aliphatic heterocycles. The highest BCUT2D eigenvalue weighted by molar-refractivity contribution is 5.75. The summed E-state index contributed by atoms with van der Waals surface area (Å²) in [7, 11) is 0. The van der Waals surface area contributed by atoms with Gasteiger partial charge in [-0.25, -0.2) is 0 Å². The van der Waals surface area contributed by atoms with Crippen LogP contribution in [0.25, 0.3) is 22.3 Å². The zero-order valence-corrected chi connectivity index (χ0v) is 21.5. The van der Waals surface area contributed by atoms with Gasteiger partial charge in [-0.1, -0.05) is 55.5 Å². The van der Waals surface area contributed by atoms with Crippen LogP contribution in [0, 0.1) is 28.6 Å². The molecule has 0 N–H and O–H groups in total. The van der Waals surface area contributed by atoms with E-state index in [1.807, 2.05) is 55.5 Å². The molecule has 0 aliphatic rings. The summed E-state index contributed by atoms with van der Waals surface area (Å²) in [6.07, 6.45) is 0.865. The number of ether oxygens (including phenoxy) is 2.